The smallest absolute Gasteiger partial charge is 0.109 e. The van der Waals surface area contributed by atoms with E-state index in [2.05, 4.69) is 0 Å². The van der Waals surface area contributed by atoms with Crippen LogP contribution in [0.1, 0.15) is 19.8 Å². The number of rotatable bonds is 1. The van der Waals surface area contributed by atoms with Crippen LogP contribution in [0.25, 0.3) is 0 Å². The Labute approximate surface area is 54.9 Å². The quantitative estimate of drug-likeness (QED) is 0.515. The molecule has 1 saturated heterocycles. The van der Waals surface area contributed by atoms with Gasteiger partial charge in [0.15, 0.2) is 0 Å². The Balaban J connectivity index is 2.44. The zero-order valence-electron chi connectivity index (χ0n) is 5.62. The predicted molar refractivity (Wildman–Crippen MR) is 33.6 cm³/mol. The normalized spacial score (nSPS) is 37.7. The summed E-state index contributed by atoms with van der Waals surface area (Å²) >= 11 is 0. The average molecular weight is 131 g/mol. The molecule has 1 heterocycles. The summed E-state index contributed by atoms with van der Waals surface area (Å²) in [5, 5.41) is 18.3. The minimum Gasteiger partial charge on any atom is -0.378 e. The van der Waals surface area contributed by atoms with Gasteiger partial charge in [0.1, 0.15) is 12.5 Å². The molecular formula is C6H13NO2. The summed E-state index contributed by atoms with van der Waals surface area (Å²) in [6.07, 6.45) is 0.583. The van der Waals surface area contributed by atoms with Crippen LogP contribution in [0.3, 0.4) is 0 Å². The lowest BCUT2D eigenvalue weighted by Crippen LogP contribution is -2.35. The summed E-state index contributed by atoms with van der Waals surface area (Å²) in [6.45, 7) is 2.65. The number of aliphatic hydroxyl groups is 2. The van der Waals surface area contributed by atoms with Gasteiger partial charge in [0.05, 0.1) is 0 Å². The first-order chi connectivity index (χ1) is 4.25. The molecule has 1 aliphatic heterocycles. The molecule has 0 amide bonds. The predicted octanol–water partition coefficient (Wildman–Crippen LogP) is -0.261. The molecule has 0 aromatic rings. The van der Waals surface area contributed by atoms with Gasteiger partial charge in [-0.25, -0.2) is 0 Å². The molecule has 2 N–H and O–H groups in total. The number of hydrogen-bond donors (Lipinski definition) is 2. The Morgan fingerprint density at radius 3 is 2.00 bits per heavy atom. The van der Waals surface area contributed by atoms with E-state index in [1.165, 1.54) is 0 Å². The van der Waals surface area contributed by atoms with E-state index in [0.29, 0.717) is 12.8 Å². The molecule has 3 heteroatoms. The molecule has 1 fully saturated rings. The lowest BCUT2D eigenvalue weighted by Gasteiger charge is -2.20. The lowest BCUT2D eigenvalue weighted by atomic mass is 10.3. The molecule has 0 saturated carbocycles. The second-order valence-corrected chi connectivity index (χ2v) is 2.37. The maximum absolute atomic E-state index is 9.13. The monoisotopic (exact) mass is 131 g/mol. The third-order valence-corrected chi connectivity index (χ3v) is 1.81. The molecule has 0 aromatic heterocycles. The van der Waals surface area contributed by atoms with Gasteiger partial charge in [0.2, 0.25) is 0 Å². The van der Waals surface area contributed by atoms with Gasteiger partial charge in [-0.05, 0) is 12.8 Å². The highest BCUT2D eigenvalue weighted by molar-refractivity contribution is 4.72. The second kappa shape index (κ2) is 2.64. The molecule has 1 aliphatic rings. The Morgan fingerprint density at radius 1 is 1.33 bits per heavy atom. The minimum atomic E-state index is -0.412. The van der Waals surface area contributed by atoms with E-state index in [1.54, 1.807) is 4.90 Å². The van der Waals surface area contributed by atoms with Gasteiger partial charge >= 0.3 is 0 Å². The van der Waals surface area contributed by atoms with Gasteiger partial charge in [0.25, 0.3) is 0 Å². The SMILES string of the molecule is CCN1C(O)CCC1O. The molecule has 0 aliphatic carbocycles. The van der Waals surface area contributed by atoms with Gasteiger partial charge in [-0.3, -0.25) is 4.90 Å². The van der Waals surface area contributed by atoms with Crippen LogP contribution in [0.5, 0.6) is 0 Å². The fraction of sp³-hybridized carbons (Fsp3) is 1.00. The molecule has 3 nitrogen and oxygen atoms in total. The topological polar surface area (TPSA) is 43.7 Å². The number of likely N-dealkylation sites (tertiary alicyclic amines) is 1. The minimum absolute atomic E-state index is 0.412. The Hall–Kier alpha value is -0.120. The van der Waals surface area contributed by atoms with Gasteiger partial charge in [-0.15, -0.1) is 0 Å². The maximum Gasteiger partial charge on any atom is 0.109 e. The molecule has 0 spiro atoms. The van der Waals surface area contributed by atoms with Crippen LogP contribution >= 0.6 is 0 Å². The molecule has 2 unspecified atom stereocenters. The van der Waals surface area contributed by atoms with Gasteiger partial charge < -0.3 is 10.2 Å². The number of aliphatic hydroxyl groups excluding tert-OH is 2. The zero-order chi connectivity index (χ0) is 6.85. The van der Waals surface area contributed by atoms with Crippen LogP contribution in [0.15, 0.2) is 0 Å². The summed E-state index contributed by atoms with van der Waals surface area (Å²) in [7, 11) is 0. The molecule has 9 heavy (non-hydrogen) atoms. The Kier molecular flexibility index (Phi) is 2.05. The first kappa shape index (κ1) is 6.99. The third-order valence-electron chi connectivity index (χ3n) is 1.81. The highest BCUT2D eigenvalue weighted by Crippen LogP contribution is 2.18. The van der Waals surface area contributed by atoms with Crippen molar-refractivity contribution in [3.63, 3.8) is 0 Å². The van der Waals surface area contributed by atoms with Crippen molar-refractivity contribution in [2.75, 3.05) is 6.54 Å². The lowest BCUT2D eigenvalue weighted by molar-refractivity contribution is -0.0491. The largest absolute Gasteiger partial charge is 0.378 e. The summed E-state index contributed by atoms with van der Waals surface area (Å²) < 4.78 is 0. The molecular weight excluding hydrogens is 118 g/mol. The van der Waals surface area contributed by atoms with Crippen molar-refractivity contribution in [3.8, 4) is 0 Å². The van der Waals surface area contributed by atoms with Crippen molar-refractivity contribution in [2.24, 2.45) is 0 Å². The molecule has 2 atom stereocenters. The van der Waals surface area contributed by atoms with Gasteiger partial charge in [-0.1, -0.05) is 6.92 Å². The van der Waals surface area contributed by atoms with Crippen molar-refractivity contribution < 1.29 is 10.2 Å². The molecule has 0 bridgehead atoms. The van der Waals surface area contributed by atoms with Crippen LogP contribution in [0.2, 0.25) is 0 Å². The first-order valence-electron chi connectivity index (χ1n) is 3.37. The van der Waals surface area contributed by atoms with E-state index < -0.39 is 12.5 Å². The first-order valence-corrected chi connectivity index (χ1v) is 3.37. The van der Waals surface area contributed by atoms with Crippen LogP contribution in [-0.4, -0.2) is 34.1 Å². The Morgan fingerprint density at radius 2 is 1.78 bits per heavy atom. The molecule has 54 valence electrons. The molecule has 0 radical (unpaired) electrons. The van der Waals surface area contributed by atoms with E-state index >= 15 is 0 Å². The standard InChI is InChI=1S/C6H13NO2/c1-2-7-5(8)3-4-6(7)9/h5-6,8-9H,2-4H2,1H3. The van der Waals surface area contributed by atoms with E-state index in [9.17, 15) is 0 Å². The van der Waals surface area contributed by atoms with Crippen molar-refractivity contribution in [1.82, 2.24) is 4.90 Å². The van der Waals surface area contributed by atoms with E-state index in [-0.39, 0.29) is 0 Å². The second-order valence-electron chi connectivity index (χ2n) is 2.37. The van der Waals surface area contributed by atoms with Crippen LogP contribution in [0.4, 0.5) is 0 Å². The summed E-state index contributed by atoms with van der Waals surface area (Å²) in [5.74, 6) is 0. The molecule has 0 aromatic carbocycles. The fourth-order valence-electron chi connectivity index (χ4n) is 1.25. The zero-order valence-corrected chi connectivity index (χ0v) is 5.62. The van der Waals surface area contributed by atoms with Crippen molar-refractivity contribution >= 4 is 0 Å². The highest BCUT2D eigenvalue weighted by atomic mass is 16.3. The van der Waals surface area contributed by atoms with E-state index in [4.69, 9.17) is 10.2 Å². The van der Waals surface area contributed by atoms with Crippen molar-refractivity contribution in [1.29, 1.82) is 0 Å². The number of nitrogens with zero attached hydrogens (tertiary/aromatic N) is 1. The maximum atomic E-state index is 9.13. The fourth-order valence-corrected chi connectivity index (χ4v) is 1.25. The Bertz CT molecular complexity index is 87.1. The van der Waals surface area contributed by atoms with Crippen LogP contribution in [0, 0.1) is 0 Å². The van der Waals surface area contributed by atoms with Crippen molar-refractivity contribution in [3.05, 3.63) is 0 Å². The number of hydrogen-bond acceptors (Lipinski definition) is 3. The molecule has 1 rings (SSSR count). The van der Waals surface area contributed by atoms with E-state index in [0.717, 1.165) is 6.54 Å². The van der Waals surface area contributed by atoms with Crippen LogP contribution in [-0.2, 0) is 0 Å². The highest BCUT2D eigenvalue weighted by Gasteiger charge is 2.28. The summed E-state index contributed by atoms with van der Waals surface area (Å²) in [5.41, 5.74) is 0. The average Bonchev–Trinajstić information content (AvgIpc) is 2.12. The van der Waals surface area contributed by atoms with Crippen molar-refractivity contribution in [2.45, 2.75) is 32.2 Å². The van der Waals surface area contributed by atoms with Crippen LogP contribution < -0.4 is 0 Å². The van der Waals surface area contributed by atoms with E-state index in [1.807, 2.05) is 6.92 Å². The summed E-state index contributed by atoms with van der Waals surface area (Å²) in [6, 6.07) is 0. The van der Waals surface area contributed by atoms with Gasteiger partial charge in [0, 0.05) is 6.54 Å². The third kappa shape index (κ3) is 1.23. The van der Waals surface area contributed by atoms with Gasteiger partial charge in [-0.2, -0.15) is 0 Å². The summed E-state index contributed by atoms with van der Waals surface area (Å²) in [4.78, 5) is 1.68.